The normalized spacial score (nSPS) is 13.2. The summed E-state index contributed by atoms with van der Waals surface area (Å²) in [6.07, 6.45) is 0. The number of anilines is 2. The van der Waals surface area contributed by atoms with E-state index in [1.807, 2.05) is 0 Å². The third-order valence-electron chi connectivity index (χ3n) is 5.42. The minimum absolute atomic E-state index is 0.115. The van der Waals surface area contributed by atoms with Gasteiger partial charge in [0.2, 0.25) is 0 Å². The molecule has 0 unspecified atom stereocenters. The van der Waals surface area contributed by atoms with E-state index in [4.69, 9.17) is 18.9 Å². The van der Waals surface area contributed by atoms with E-state index in [0.29, 0.717) is 39.9 Å². The zero-order valence-electron chi connectivity index (χ0n) is 19.2. The molecule has 0 fully saturated rings. The third kappa shape index (κ3) is 4.01. The zero-order chi connectivity index (χ0) is 24.2. The molecule has 8 nitrogen and oxygen atoms in total. The first-order valence-corrected chi connectivity index (χ1v) is 10.4. The Bertz CT molecular complexity index is 1280. The van der Waals surface area contributed by atoms with Crippen molar-refractivity contribution in [2.75, 3.05) is 38.7 Å². The number of hydrogen-bond donors (Lipinski definition) is 1. The summed E-state index contributed by atoms with van der Waals surface area (Å²) >= 11 is 0. The van der Waals surface area contributed by atoms with Gasteiger partial charge in [0.1, 0.15) is 17.2 Å². The SMILES string of the molecule is COc1cccc(N2C(=O)C(Nc3ccc(OC)c(OC)c3)=C(c3ccccc3OC)C2=O)c1. The summed E-state index contributed by atoms with van der Waals surface area (Å²) in [6, 6.07) is 19.0. The van der Waals surface area contributed by atoms with Gasteiger partial charge in [0.05, 0.1) is 39.7 Å². The summed E-state index contributed by atoms with van der Waals surface area (Å²) in [4.78, 5) is 28.4. The smallest absolute Gasteiger partial charge is 0.282 e. The molecule has 8 heteroatoms. The maximum absolute atomic E-state index is 13.7. The molecule has 1 heterocycles. The van der Waals surface area contributed by atoms with Crippen molar-refractivity contribution in [3.05, 3.63) is 78.0 Å². The molecular formula is C26H24N2O6. The lowest BCUT2D eigenvalue weighted by Crippen LogP contribution is -2.32. The van der Waals surface area contributed by atoms with Crippen LogP contribution in [0.2, 0.25) is 0 Å². The Balaban J connectivity index is 1.85. The Labute approximate surface area is 197 Å². The minimum atomic E-state index is -0.506. The van der Waals surface area contributed by atoms with Gasteiger partial charge in [-0.25, -0.2) is 4.90 Å². The number of carbonyl (C=O) groups is 2. The van der Waals surface area contributed by atoms with Gasteiger partial charge in [-0.2, -0.15) is 0 Å². The third-order valence-corrected chi connectivity index (χ3v) is 5.42. The lowest BCUT2D eigenvalue weighted by molar-refractivity contribution is -0.120. The fraction of sp³-hybridized carbons (Fsp3) is 0.154. The summed E-state index contributed by atoms with van der Waals surface area (Å²) in [7, 11) is 6.10. The standard InChI is InChI=1S/C26H24N2O6/c1-31-18-9-7-8-17(15-18)28-25(29)23(19-10-5-6-11-20(19)32-2)24(26(28)30)27-16-12-13-21(33-3)22(14-16)34-4/h5-15,27H,1-4H3. The number of benzene rings is 3. The number of carbonyl (C=O) groups excluding carboxylic acids is 2. The average Bonchev–Trinajstić information content (AvgIpc) is 3.12. The monoisotopic (exact) mass is 460 g/mol. The molecule has 0 saturated heterocycles. The predicted octanol–water partition coefficient (Wildman–Crippen LogP) is 4.12. The zero-order valence-corrected chi connectivity index (χ0v) is 19.2. The lowest BCUT2D eigenvalue weighted by Gasteiger charge is -2.16. The summed E-state index contributed by atoms with van der Waals surface area (Å²) in [5.41, 5.74) is 1.75. The van der Waals surface area contributed by atoms with E-state index in [0.717, 1.165) is 4.90 Å². The van der Waals surface area contributed by atoms with Crippen LogP contribution >= 0.6 is 0 Å². The van der Waals surface area contributed by atoms with E-state index in [2.05, 4.69) is 5.32 Å². The summed E-state index contributed by atoms with van der Waals surface area (Å²) < 4.78 is 21.4. The van der Waals surface area contributed by atoms with Crippen LogP contribution < -0.4 is 29.2 Å². The van der Waals surface area contributed by atoms with Gasteiger partial charge in [0, 0.05) is 23.4 Å². The van der Waals surface area contributed by atoms with Crippen LogP contribution in [-0.2, 0) is 9.59 Å². The molecule has 0 atom stereocenters. The van der Waals surface area contributed by atoms with Crippen molar-refractivity contribution in [2.45, 2.75) is 0 Å². The molecule has 3 aromatic rings. The van der Waals surface area contributed by atoms with Crippen LogP contribution in [0.3, 0.4) is 0 Å². The fourth-order valence-electron chi connectivity index (χ4n) is 3.79. The topological polar surface area (TPSA) is 86.3 Å². The van der Waals surface area contributed by atoms with E-state index < -0.39 is 11.8 Å². The first-order valence-electron chi connectivity index (χ1n) is 10.4. The first-order chi connectivity index (χ1) is 16.5. The van der Waals surface area contributed by atoms with Crippen LogP contribution in [0, 0.1) is 0 Å². The molecule has 2 amide bonds. The van der Waals surface area contributed by atoms with Crippen LogP contribution in [0.15, 0.2) is 72.4 Å². The Hall–Kier alpha value is -4.46. The number of rotatable bonds is 8. The minimum Gasteiger partial charge on any atom is -0.497 e. The van der Waals surface area contributed by atoms with Crippen LogP contribution in [0.5, 0.6) is 23.0 Å². The summed E-state index contributed by atoms with van der Waals surface area (Å²) in [5, 5.41) is 3.12. The highest BCUT2D eigenvalue weighted by molar-refractivity contribution is 6.46. The molecule has 3 aromatic carbocycles. The van der Waals surface area contributed by atoms with E-state index in [1.54, 1.807) is 73.8 Å². The second-order valence-corrected chi connectivity index (χ2v) is 7.29. The van der Waals surface area contributed by atoms with Gasteiger partial charge >= 0.3 is 0 Å². The fourth-order valence-corrected chi connectivity index (χ4v) is 3.79. The van der Waals surface area contributed by atoms with E-state index >= 15 is 0 Å². The predicted molar refractivity (Wildman–Crippen MR) is 129 cm³/mol. The first kappa shape index (κ1) is 22.7. The number of imide groups is 1. The molecule has 34 heavy (non-hydrogen) atoms. The van der Waals surface area contributed by atoms with E-state index in [1.165, 1.54) is 21.3 Å². The number of para-hydroxylation sites is 1. The Morgan fingerprint density at radius 3 is 2.12 bits per heavy atom. The molecule has 1 aliphatic rings. The van der Waals surface area contributed by atoms with Crippen molar-refractivity contribution in [3.8, 4) is 23.0 Å². The number of nitrogens with zero attached hydrogens (tertiary/aromatic N) is 1. The van der Waals surface area contributed by atoms with Crippen molar-refractivity contribution in [3.63, 3.8) is 0 Å². The van der Waals surface area contributed by atoms with Gasteiger partial charge in [0.25, 0.3) is 11.8 Å². The van der Waals surface area contributed by atoms with Crippen molar-refractivity contribution in [2.24, 2.45) is 0 Å². The number of methoxy groups -OCH3 is 4. The number of amides is 2. The molecule has 0 aromatic heterocycles. The van der Waals surface area contributed by atoms with Gasteiger partial charge in [-0.1, -0.05) is 24.3 Å². The Kier molecular flexibility index (Phi) is 6.40. The summed E-state index contributed by atoms with van der Waals surface area (Å²) in [6.45, 7) is 0. The number of nitrogens with one attached hydrogen (secondary N) is 1. The Morgan fingerprint density at radius 1 is 0.676 bits per heavy atom. The molecular weight excluding hydrogens is 436 g/mol. The maximum Gasteiger partial charge on any atom is 0.282 e. The summed E-state index contributed by atoms with van der Waals surface area (Å²) in [5.74, 6) is 1.03. The molecule has 0 radical (unpaired) electrons. The van der Waals surface area contributed by atoms with Gasteiger partial charge in [0.15, 0.2) is 11.5 Å². The number of ether oxygens (including phenoxy) is 4. The molecule has 0 bridgehead atoms. The molecule has 174 valence electrons. The quantitative estimate of drug-likeness (QED) is 0.506. The molecule has 1 N–H and O–H groups in total. The molecule has 0 spiro atoms. The maximum atomic E-state index is 13.7. The molecule has 0 saturated carbocycles. The van der Waals surface area contributed by atoms with Crippen LogP contribution in [0.4, 0.5) is 11.4 Å². The highest BCUT2D eigenvalue weighted by Crippen LogP contribution is 2.39. The van der Waals surface area contributed by atoms with Gasteiger partial charge in [-0.3, -0.25) is 9.59 Å². The van der Waals surface area contributed by atoms with Crippen molar-refractivity contribution >= 4 is 28.8 Å². The van der Waals surface area contributed by atoms with Gasteiger partial charge in [-0.15, -0.1) is 0 Å². The van der Waals surface area contributed by atoms with Gasteiger partial charge in [-0.05, 0) is 30.3 Å². The van der Waals surface area contributed by atoms with Gasteiger partial charge < -0.3 is 24.3 Å². The lowest BCUT2D eigenvalue weighted by atomic mass is 10.0. The van der Waals surface area contributed by atoms with Crippen LogP contribution in [-0.4, -0.2) is 40.3 Å². The highest BCUT2D eigenvalue weighted by Gasteiger charge is 2.41. The van der Waals surface area contributed by atoms with Crippen LogP contribution in [0.1, 0.15) is 5.56 Å². The van der Waals surface area contributed by atoms with E-state index in [9.17, 15) is 9.59 Å². The van der Waals surface area contributed by atoms with E-state index in [-0.39, 0.29) is 11.3 Å². The average molecular weight is 460 g/mol. The largest absolute Gasteiger partial charge is 0.497 e. The molecule has 4 rings (SSSR count). The molecule has 1 aliphatic heterocycles. The van der Waals surface area contributed by atoms with Crippen LogP contribution in [0.25, 0.3) is 5.57 Å². The second kappa shape index (κ2) is 9.58. The Morgan fingerprint density at radius 2 is 1.41 bits per heavy atom. The number of hydrogen-bond acceptors (Lipinski definition) is 7. The molecule has 0 aliphatic carbocycles. The van der Waals surface area contributed by atoms with Crippen molar-refractivity contribution in [1.29, 1.82) is 0 Å². The van der Waals surface area contributed by atoms with Crippen molar-refractivity contribution < 1.29 is 28.5 Å². The highest BCUT2D eigenvalue weighted by atomic mass is 16.5. The second-order valence-electron chi connectivity index (χ2n) is 7.29. The van der Waals surface area contributed by atoms with Crippen molar-refractivity contribution in [1.82, 2.24) is 0 Å².